The summed E-state index contributed by atoms with van der Waals surface area (Å²) in [5, 5.41) is 13.7. The number of fused-ring (bicyclic) bond motifs is 3. The number of nitrogens with zero attached hydrogens (tertiary/aromatic N) is 2. The maximum atomic E-state index is 12.2. The molecule has 3 N–H and O–H groups in total. The number of carbonyl (C=O) groups excluding carboxylic acids is 1. The summed E-state index contributed by atoms with van der Waals surface area (Å²) in [6, 6.07) is 9.61. The van der Waals surface area contributed by atoms with Gasteiger partial charge in [0.25, 0.3) is 0 Å². The number of aryl methyl sites for hydroxylation is 1. The zero-order valence-electron chi connectivity index (χ0n) is 13.3. The van der Waals surface area contributed by atoms with Gasteiger partial charge in [-0.05, 0) is 30.2 Å². The minimum absolute atomic E-state index is 0.0369. The van der Waals surface area contributed by atoms with Crippen molar-refractivity contribution in [3.63, 3.8) is 0 Å². The molecule has 4 rings (SSSR count). The maximum absolute atomic E-state index is 12.2. The first kappa shape index (κ1) is 15.9. The molecule has 0 radical (unpaired) electrons. The van der Waals surface area contributed by atoms with E-state index < -0.39 is 0 Å². The number of nitriles is 1. The van der Waals surface area contributed by atoms with Crippen LogP contribution < -0.4 is 11.1 Å². The molecule has 1 aromatic carbocycles. The Bertz CT molecular complexity index is 1070. The molecule has 0 aliphatic carbocycles. The predicted octanol–water partition coefficient (Wildman–Crippen LogP) is 4.19. The van der Waals surface area contributed by atoms with Gasteiger partial charge >= 0.3 is 0 Å². The van der Waals surface area contributed by atoms with E-state index in [0.29, 0.717) is 17.0 Å². The van der Waals surface area contributed by atoms with Crippen molar-refractivity contribution in [3.05, 3.63) is 51.5 Å². The van der Waals surface area contributed by atoms with Crippen LogP contribution in [-0.2, 0) is 4.79 Å². The number of anilines is 2. The first-order valence-electron chi connectivity index (χ1n) is 7.67. The predicted molar refractivity (Wildman–Crippen MR) is 100 cm³/mol. The van der Waals surface area contributed by atoms with Crippen LogP contribution in [-0.4, -0.2) is 10.9 Å². The SMILES string of the molecule is Cc1c(C#N)c(N)nc2c3c(sc12)NC(=O)C[C@@H]3c1ccc(Cl)cc1. The fourth-order valence-corrected chi connectivity index (χ4v) is 4.64. The first-order valence-corrected chi connectivity index (χ1v) is 8.87. The van der Waals surface area contributed by atoms with Gasteiger partial charge in [0.15, 0.2) is 0 Å². The summed E-state index contributed by atoms with van der Waals surface area (Å²) in [4.78, 5) is 16.7. The summed E-state index contributed by atoms with van der Waals surface area (Å²) >= 11 is 7.43. The molecular weight excluding hydrogens is 356 g/mol. The van der Waals surface area contributed by atoms with Crippen LogP contribution in [0, 0.1) is 18.3 Å². The van der Waals surface area contributed by atoms with E-state index in [2.05, 4.69) is 16.4 Å². The number of nitrogen functional groups attached to an aromatic ring is 1. The normalized spacial score (nSPS) is 16.4. The summed E-state index contributed by atoms with van der Waals surface area (Å²) in [5.41, 5.74) is 9.90. The lowest BCUT2D eigenvalue weighted by Crippen LogP contribution is -2.22. The molecule has 1 aliphatic heterocycles. The standard InChI is InChI=1S/C18H13ClN4OS/c1-8-12(7-20)17(21)23-15-14-11(9-2-4-10(19)5-3-9)6-13(24)22-18(14)25-16(8)15/h2-5,11H,6H2,1H3,(H2,21,23)(H,22,24)/t11-/m1/s1. The lowest BCUT2D eigenvalue weighted by molar-refractivity contribution is -0.116. The largest absolute Gasteiger partial charge is 0.383 e. The summed E-state index contributed by atoms with van der Waals surface area (Å²) in [5.74, 6) is 0.0685. The third kappa shape index (κ3) is 2.44. The second-order valence-corrected chi connectivity index (χ2v) is 7.44. The number of carbonyl (C=O) groups is 1. The highest BCUT2D eigenvalue weighted by Gasteiger charge is 2.32. The highest BCUT2D eigenvalue weighted by Crippen LogP contribution is 2.47. The fraction of sp³-hybridized carbons (Fsp3) is 0.167. The Morgan fingerprint density at radius 2 is 2.12 bits per heavy atom. The van der Waals surface area contributed by atoms with E-state index in [-0.39, 0.29) is 17.6 Å². The summed E-state index contributed by atoms with van der Waals surface area (Å²) in [7, 11) is 0. The van der Waals surface area contributed by atoms with Gasteiger partial charge in [-0.25, -0.2) is 4.98 Å². The van der Waals surface area contributed by atoms with Crippen LogP contribution in [0.5, 0.6) is 0 Å². The molecule has 3 aromatic rings. The number of rotatable bonds is 1. The molecule has 25 heavy (non-hydrogen) atoms. The van der Waals surface area contributed by atoms with Crippen molar-refractivity contribution in [2.24, 2.45) is 0 Å². The number of halogens is 1. The first-order chi connectivity index (χ1) is 12.0. The second kappa shape index (κ2) is 5.73. The van der Waals surface area contributed by atoms with Gasteiger partial charge in [0.2, 0.25) is 5.91 Å². The second-order valence-electron chi connectivity index (χ2n) is 5.99. The number of nitrogens with two attached hydrogens (primary N) is 1. The van der Waals surface area contributed by atoms with Crippen molar-refractivity contribution >= 4 is 49.9 Å². The minimum atomic E-state index is -0.117. The molecule has 0 fully saturated rings. The zero-order chi connectivity index (χ0) is 17.7. The van der Waals surface area contributed by atoms with Crippen molar-refractivity contribution in [1.82, 2.24) is 4.98 Å². The highest BCUT2D eigenvalue weighted by atomic mass is 35.5. The maximum Gasteiger partial charge on any atom is 0.225 e. The summed E-state index contributed by atoms with van der Waals surface area (Å²) < 4.78 is 0.886. The number of thiophene rings is 1. The quantitative estimate of drug-likeness (QED) is 0.673. The summed E-state index contributed by atoms with van der Waals surface area (Å²) in [6.07, 6.45) is 0.334. The van der Waals surface area contributed by atoms with Crippen molar-refractivity contribution < 1.29 is 4.79 Å². The molecule has 1 aliphatic rings. The number of hydrogen-bond acceptors (Lipinski definition) is 5. The molecule has 3 heterocycles. The molecule has 0 unspecified atom stereocenters. The van der Waals surface area contributed by atoms with Gasteiger partial charge in [-0.3, -0.25) is 4.79 Å². The van der Waals surface area contributed by atoms with Crippen molar-refractivity contribution in [1.29, 1.82) is 5.26 Å². The van der Waals surface area contributed by atoms with Crippen molar-refractivity contribution in [2.45, 2.75) is 19.3 Å². The lowest BCUT2D eigenvalue weighted by atomic mass is 9.86. The van der Waals surface area contributed by atoms with Crippen molar-refractivity contribution in [2.75, 3.05) is 11.1 Å². The van der Waals surface area contributed by atoms with Crippen LogP contribution in [0.15, 0.2) is 24.3 Å². The van der Waals surface area contributed by atoms with Crippen LogP contribution >= 0.6 is 22.9 Å². The minimum Gasteiger partial charge on any atom is -0.383 e. The molecule has 2 aromatic heterocycles. The number of amides is 1. The topological polar surface area (TPSA) is 91.8 Å². The number of nitrogens with one attached hydrogen (secondary N) is 1. The van der Waals surface area contributed by atoms with Gasteiger partial charge in [-0.15, -0.1) is 11.3 Å². The molecule has 0 spiro atoms. The van der Waals surface area contributed by atoms with Crippen molar-refractivity contribution in [3.8, 4) is 6.07 Å². The zero-order valence-corrected chi connectivity index (χ0v) is 14.8. The van der Waals surface area contributed by atoms with E-state index in [1.54, 1.807) is 0 Å². The monoisotopic (exact) mass is 368 g/mol. The highest BCUT2D eigenvalue weighted by molar-refractivity contribution is 7.23. The third-order valence-corrected chi connectivity index (χ3v) is 5.98. The van der Waals surface area contributed by atoms with Crippen LogP contribution in [0.1, 0.15) is 34.6 Å². The molecular formula is C18H13ClN4OS. The third-order valence-electron chi connectivity index (χ3n) is 4.50. The molecule has 0 bridgehead atoms. The van der Waals surface area contributed by atoms with Gasteiger partial charge in [0.1, 0.15) is 16.9 Å². The molecule has 124 valence electrons. The Hall–Kier alpha value is -2.62. The fourth-order valence-electron chi connectivity index (χ4n) is 3.28. The van der Waals surface area contributed by atoms with E-state index in [0.717, 1.165) is 31.9 Å². The smallest absolute Gasteiger partial charge is 0.225 e. The Morgan fingerprint density at radius 1 is 1.40 bits per heavy atom. The van der Waals surface area contributed by atoms with E-state index >= 15 is 0 Å². The van der Waals surface area contributed by atoms with Crippen LogP contribution in [0.2, 0.25) is 5.02 Å². The van der Waals surface area contributed by atoms with E-state index in [4.69, 9.17) is 17.3 Å². The van der Waals surface area contributed by atoms with Gasteiger partial charge in [-0.1, -0.05) is 23.7 Å². The summed E-state index contributed by atoms with van der Waals surface area (Å²) in [6.45, 7) is 1.86. The van der Waals surface area contributed by atoms with Gasteiger partial charge in [0.05, 0.1) is 15.8 Å². The Balaban J connectivity index is 2.00. The van der Waals surface area contributed by atoms with E-state index in [9.17, 15) is 10.1 Å². The number of aromatic nitrogens is 1. The number of hydrogen-bond donors (Lipinski definition) is 2. The Kier molecular flexibility index (Phi) is 3.64. The lowest BCUT2D eigenvalue weighted by Gasteiger charge is -2.23. The molecule has 7 heteroatoms. The van der Waals surface area contributed by atoms with Crippen LogP contribution in [0.25, 0.3) is 10.2 Å². The number of benzene rings is 1. The van der Waals surface area contributed by atoms with Gasteiger partial charge in [0, 0.05) is 22.9 Å². The van der Waals surface area contributed by atoms with Crippen LogP contribution in [0.4, 0.5) is 10.8 Å². The molecule has 1 atom stereocenters. The van der Waals surface area contributed by atoms with E-state index in [1.807, 2.05) is 31.2 Å². The van der Waals surface area contributed by atoms with E-state index in [1.165, 1.54) is 11.3 Å². The average Bonchev–Trinajstić information content (AvgIpc) is 2.93. The molecule has 1 amide bonds. The van der Waals surface area contributed by atoms with Gasteiger partial charge in [-0.2, -0.15) is 5.26 Å². The molecule has 0 saturated carbocycles. The molecule has 5 nitrogen and oxygen atoms in total. The average molecular weight is 369 g/mol. The number of pyridine rings is 1. The van der Waals surface area contributed by atoms with Gasteiger partial charge < -0.3 is 11.1 Å². The van der Waals surface area contributed by atoms with Crippen LogP contribution in [0.3, 0.4) is 0 Å². The molecule has 0 saturated heterocycles. The Morgan fingerprint density at radius 3 is 2.80 bits per heavy atom. The Labute approximate surface area is 153 Å².